The van der Waals surface area contributed by atoms with Gasteiger partial charge in [-0.15, -0.1) is 21.5 Å². The van der Waals surface area contributed by atoms with Crippen molar-refractivity contribution in [3.63, 3.8) is 0 Å². The van der Waals surface area contributed by atoms with Gasteiger partial charge < -0.3 is 20.1 Å². The van der Waals surface area contributed by atoms with Crippen molar-refractivity contribution < 1.29 is 18.0 Å². The van der Waals surface area contributed by atoms with Gasteiger partial charge in [-0.05, 0) is 25.3 Å². The van der Waals surface area contributed by atoms with E-state index in [1.807, 2.05) is 9.80 Å². The molecule has 0 aliphatic carbocycles. The quantitative estimate of drug-likeness (QED) is 0.581. The number of aryl methyl sites for hydroxylation is 1. The summed E-state index contributed by atoms with van der Waals surface area (Å²) in [5.41, 5.74) is 5.55. The van der Waals surface area contributed by atoms with Gasteiger partial charge in [0.2, 0.25) is 17.7 Å². The molecule has 0 radical (unpaired) electrons. The van der Waals surface area contributed by atoms with Gasteiger partial charge in [0, 0.05) is 31.1 Å². The minimum atomic E-state index is -4.55. The third-order valence-corrected chi connectivity index (χ3v) is 7.41. The van der Waals surface area contributed by atoms with Crippen LogP contribution in [0.2, 0.25) is 0 Å². The molecule has 2 N–H and O–H groups in total. The lowest BCUT2D eigenvalue weighted by Crippen LogP contribution is -2.42. The first-order valence-electron chi connectivity index (χ1n) is 11.3. The maximum absolute atomic E-state index is 13.3. The van der Waals surface area contributed by atoms with Crippen LogP contribution >= 0.6 is 11.3 Å². The zero-order valence-corrected chi connectivity index (χ0v) is 19.5. The number of carbonyl (C=O) groups excluding carboxylic acids is 1. The molecule has 34 heavy (non-hydrogen) atoms. The van der Waals surface area contributed by atoms with Crippen LogP contribution in [0, 0.1) is 5.92 Å². The van der Waals surface area contributed by atoms with Gasteiger partial charge in [0.25, 0.3) is 0 Å². The van der Waals surface area contributed by atoms with Crippen molar-refractivity contribution in [3.05, 3.63) is 22.6 Å². The highest BCUT2D eigenvalue weighted by Gasteiger charge is 2.40. The monoisotopic (exact) mass is 494 g/mol. The van der Waals surface area contributed by atoms with Gasteiger partial charge in [0.05, 0.1) is 17.8 Å². The molecule has 1 unspecified atom stereocenters. The number of rotatable bonds is 5. The van der Waals surface area contributed by atoms with Crippen molar-refractivity contribution in [1.82, 2.24) is 24.7 Å². The molecule has 1 amide bonds. The Balaban J connectivity index is 1.53. The van der Waals surface area contributed by atoms with E-state index >= 15 is 0 Å². The highest BCUT2D eigenvalue weighted by Crippen LogP contribution is 2.36. The number of hydrogen-bond donors (Lipinski definition) is 1. The Bertz CT molecular complexity index is 1220. The smallest absolute Gasteiger partial charge is 0.369 e. The number of thiophene rings is 1. The summed E-state index contributed by atoms with van der Waals surface area (Å²) in [6, 6.07) is 2.07. The predicted octanol–water partition coefficient (Wildman–Crippen LogP) is 2.98. The third-order valence-electron chi connectivity index (χ3n) is 6.32. The number of primary amides is 1. The Morgan fingerprint density at radius 2 is 2.03 bits per heavy atom. The molecular weight excluding hydrogens is 469 g/mol. The molecule has 0 saturated carbocycles. The summed E-state index contributed by atoms with van der Waals surface area (Å²) in [5.74, 6) is -0.123. The van der Waals surface area contributed by atoms with E-state index in [1.165, 1.54) is 4.88 Å². The molecule has 0 aromatic carbocycles. The summed E-state index contributed by atoms with van der Waals surface area (Å²) in [4.78, 5) is 27.4. The molecular formula is C21H25F3N8OS. The number of nitrogens with zero attached hydrogens (tertiary/aromatic N) is 7. The molecule has 3 aromatic rings. The number of hydrogen-bond acceptors (Lipinski definition) is 8. The molecule has 5 rings (SSSR count). The minimum Gasteiger partial charge on any atom is -0.369 e. The first-order chi connectivity index (χ1) is 16.2. The average Bonchev–Trinajstić information content (AvgIpc) is 3.41. The fourth-order valence-electron chi connectivity index (χ4n) is 4.64. The lowest BCUT2D eigenvalue weighted by atomic mass is 9.98. The second kappa shape index (κ2) is 8.67. The van der Waals surface area contributed by atoms with E-state index in [2.05, 4.69) is 23.2 Å². The lowest BCUT2D eigenvalue weighted by molar-refractivity contribution is -0.147. The summed E-state index contributed by atoms with van der Waals surface area (Å²) < 4.78 is 40.9. The summed E-state index contributed by atoms with van der Waals surface area (Å²) in [6.07, 6.45) is -1.10. The van der Waals surface area contributed by atoms with Gasteiger partial charge in [-0.1, -0.05) is 13.3 Å². The highest BCUT2D eigenvalue weighted by atomic mass is 32.1. The molecule has 1 atom stereocenters. The van der Waals surface area contributed by atoms with Gasteiger partial charge >= 0.3 is 6.18 Å². The average molecular weight is 495 g/mol. The van der Waals surface area contributed by atoms with Crippen molar-refractivity contribution in [1.29, 1.82) is 0 Å². The van der Waals surface area contributed by atoms with Crippen molar-refractivity contribution in [3.8, 4) is 0 Å². The number of aromatic nitrogens is 5. The Kier molecular flexibility index (Phi) is 5.82. The van der Waals surface area contributed by atoms with Gasteiger partial charge in [0.15, 0.2) is 5.82 Å². The first-order valence-corrected chi connectivity index (χ1v) is 12.1. The number of halogens is 3. The largest absolute Gasteiger partial charge is 0.451 e. The normalized spacial score (nSPS) is 19.0. The summed E-state index contributed by atoms with van der Waals surface area (Å²) >= 11 is 1.60. The van der Waals surface area contributed by atoms with Crippen LogP contribution < -0.4 is 15.5 Å². The molecule has 5 heterocycles. The van der Waals surface area contributed by atoms with Crippen molar-refractivity contribution in [2.24, 2.45) is 11.7 Å². The SMILES string of the molecule is CCCc1cc2c(N3CCn4c(nnc4C(F)(F)F)C3)nc(N3CCCC(C(N)=O)C3)nc2s1. The predicted molar refractivity (Wildman–Crippen MR) is 122 cm³/mol. The zero-order chi connectivity index (χ0) is 24.0. The molecule has 1 fully saturated rings. The van der Waals surface area contributed by atoms with E-state index in [0.717, 1.165) is 40.5 Å². The fraction of sp³-hybridized carbons (Fsp3) is 0.571. The molecule has 3 aromatic heterocycles. The highest BCUT2D eigenvalue weighted by molar-refractivity contribution is 7.18. The Hall–Kier alpha value is -2.96. The van der Waals surface area contributed by atoms with Crippen LogP contribution in [-0.2, 0) is 30.5 Å². The van der Waals surface area contributed by atoms with E-state index in [0.29, 0.717) is 31.4 Å². The van der Waals surface area contributed by atoms with Crippen LogP contribution in [0.1, 0.15) is 42.7 Å². The molecule has 0 spiro atoms. The van der Waals surface area contributed by atoms with E-state index in [1.54, 1.807) is 11.3 Å². The number of carbonyl (C=O) groups is 1. The van der Waals surface area contributed by atoms with Crippen LogP contribution in [0.15, 0.2) is 6.07 Å². The molecule has 0 bridgehead atoms. The second-order valence-corrected chi connectivity index (χ2v) is 9.84. The standard InChI is InChI=1S/C21H25F3N8OS/c1-2-4-13-9-14-17(30-7-8-32-15(11-30)28-29-19(32)21(22,23)24)26-20(27-18(14)34-13)31-6-3-5-12(10-31)16(25)33/h9,12H,2-8,10-11H2,1H3,(H2,25,33). The van der Waals surface area contributed by atoms with Crippen molar-refractivity contribution >= 4 is 39.2 Å². The van der Waals surface area contributed by atoms with Crippen LogP contribution in [0.4, 0.5) is 24.9 Å². The topological polar surface area (TPSA) is 106 Å². The summed E-state index contributed by atoms with van der Waals surface area (Å²) in [6.45, 7) is 3.88. The van der Waals surface area contributed by atoms with Crippen molar-refractivity contribution in [2.45, 2.75) is 51.9 Å². The van der Waals surface area contributed by atoms with Crippen LogP contribution in [0.3, 0.4) is 0 Å². The molecule has 9 nitrogen and oxygen atoms in total. The number of anilines is 2. The van der Waals surface area contributed by atoms with Gasteiger partial charge in [0.1, 0.15) is 10.6 Å². The van der Waals surface area contributed by atoms with E-state index in [-0.39, 0.29) is 30.7 Å². The minimum absolute atomic E-state index is 0.109. The number of piperidine rings is 1. The lowest BCUT2D eigenvalue weighted by Gasteiger charge is -2.33. The van der Waals surface area contributed by atoms with Crippen molar-refractivity contribution in [2.75, 3.05) is 29.4 Å². The number of amides is 1. The zero-order valence-electron chi connectivity index (χ0n) is 18.7. The summed E-state index contributed by atoms with van der Waals surface area (Å²) in [5, 5.41) is 8.07. The maximum Gasteiger partial charge on any atom is 0.451 e. The Morgan fingerprint density at radius 1 is 1.21 bits per heavy atom. The van der Waals surface area contributed by atoms with E-state index < -0.39 is 12.0 Å². The maximum atomic E-state index is 13.3. The first kappa shape index (κ1) is 22.8. The molecule has 2 aliphatic heterocycles. The number of nitrogens with two attached hydrogens (primary N) is 1. The second-order valence-electron chi connectivity index (χ2n) is 8.73. The number of alkyl halides is 3. The molecule has 2 aliphatic rings. The van der Waals surface area contributed by atoms with Crippen LogP contribution in [0.25, 0.3) is 10.2 Å². The molecule has 13 heteroatoms. The summed E-state index contributed by atoms with van der Waals surface area (Å²) in [7, 11) is 0. The Labute approximate surface area is 197 Å². The van der Waals surface area contributed by atoms with Gasteiger partial charge in [-0.3, -0.25) is 4.79 Å². The third kappa shape index (κ3) is 4.17. The molecule has 1 saturated heterocycles. The Morgan fingerprint density at radius 3 is 2.76 bits per heavy atom. The van der Waals surface area contributed by atoms with Gasteiger partial charge in [-0.2, -0.15) is 18.2 Å². The van der Waals surface area contributed by atoms with Gasteiger partial charge in [-0.25, -0.2) is 4.98 Å². The molecule has 182 valence electrons. The van der Waals surface area contributed by atoms with E-state index in [4.69, 9.17) is 15.7 Å². The van der Waals surface area contributed by atoms with E-state index in [9.17, 15) is 18.0 Å². The number of fused-ring (bicyclic) bond motifs is 2. The van der Waals surface area contributed by atoms with Crippen LogP contribution in [0.5, 0.6) is 0 Å². The fourth-order valence-corrected chi connectivity index (χ4v) is 5.76. The van der Waals surface area contributed by atoms with Crippen LogP contribution in [-0.4, -0.2) is 50.3 Å².